The van der Waals surface area contributed by atoms with E-state index in [4.69, 9.17) is 14.2 Å². The van der Waals surface area contributed by atoms with Gasteiger partial charge in [0.1, 0.15) is 5.75 Å². The predicted molar refractivity (Wildman–Crippen MR) is 90.0 cm³/mol. The van der Waals surface area contributed by atoms with E-state index in [1.165, 1.54) is 31.4 Å². The molecule has 0 aliphatic heterocycles. The van der Waals surface area contributed by atoms with E-state index in [0.717, 1.165) is 0 Å². The normalized spacial score (nSPS) is 10.2. The summed E-state index contributed by atoms with van der Waals surface area (Å²) < 4.78 is 20.0. The van der Waals surface area contributed by atoms with Gasteiger partial charge in [0.2, 0.25) is 0 Å². The number of rotatable bonds is 12. The van der Waals surface area contributed by atoms with Gasteiger partial charge >= 0.3 is 12.1 Å². The van der Waals surface area contributed by atoms with Crippen LogP contribution in [0.5, 0.6) is 5.75 Å². The number of ether oxygens (including phenoxy) is 4. The third kappa shape index (κ3) is 9.55. The molecule has 0 heterocycles. The molecule has 0 saturated heterocycles. The number of hydrogen-bond donors (Lipinski definition) is 1. The molecule has 10 heteroatoms. The summed E-state index contributed by atoms with van der Waals surface area (Å²) in [5.74, 6) is -0.0640. The summed E-state index contributed by atoms with van der Waals surface area (Å²) in [5.41, 5.74) is -0.0846. The topological polar surface area (TPSA) is 126 Å². The average Bonchev–Trinajstić information content (AvgIpc) is 2.63. The fraction of sp³-hybridized carbons (Fsp3) is 0.500. The molecule has 0 aromatic heterocycles. The summed E-state index contributed by atoms with van der Waals surface area (Å²) in [5, 5.41) is 13.0. The smallest absolute Gasteiger partial charge is 0.412 e. The van der Waals surface area contributed by atoms with Gasteiger partial charge < -0.3 is 24.3 Å². The number of nitro benzene ring substituents is 1. The quantitative estimate of drug-likeness (QED) is 0.255. The van der Waals surface area contributed by atoms with Crippen LogP contribution in [-0.4, -0.2) is 57.1 Å². The van der Waals surface area contributed by atoms with Crippen LogP contribution in [0.15, 0.2) is 24.3 Å². The molecule has 144 valence electrons. The molecule has 0 radical (unpaired) electrons. The second-order valence-electron chi connectivity index (χ2n) is 4.97. The molecular formula is C16H22N2O8. The number of amides is 1. The fourth-order valence-electron chi connectivity index (χ4n) is 1.75. The molecule has 0 atom stereocenters. The molecule has 0 unspecified atom stereocenters. The molecule has 0 saturated carbocycles. The van der Waals surface area contributed by atoms with Crippen molar-refractivity contribution >= 4 is 17.7 Å². The minimum absolute atomic E-state index is 0.0846. The number of nitrogens with one attached hydrogen (secondary N) is 1. The first kappa shape index (κ1) is 21.3. The summed E-state index contributed by atoms with van der Waals surface area (Å²) in [4.78, 5) is 32.4. The maximum atomic E-state index is 11.5. The Kier molecular flexibility index (Phi) is 10.3. The number of non-ortho nitro benzene ring substituents is 1. The Bertz CT molecular complexity index is 576. The monoisotopic (exact) mass is 370 g/mol. The van der Waals surface area contributed by atoms with Crippen LogP contribution in [0.4, 0.5) is 10.5 Å². The van der Waals surface area contributed by atoms with Gasteiger partial charge in [-0.05, 0) is 18.6 Å². The minimum atomic E-state index is -0.679. The Morgan fingerprint density at radius 2 is 1.73 bits per heavy atom. The van der Waals surface area contributed by atoms with Gasteiger partial charge in [-0.1, -0.05) is 0 Å². The fourth-order valence-corrected chi connectivity index (χ4v) is 1.75. The molecule has 1 N–H and O–H groups in total. The second kappa shape index (κ2) is 12.6. The molecule has 0 aliphatic carbocycles. The highest BCUT2D eigenvalue weighted by Gasteiger charge is 2.07. The SMILES string of the molecule is COC(=O)CCCOCCOCCNC(=O)Oc1ccc([N+](=O)[O-])cc1. The zero-order valence-corrected chi connectivity index (χ0v) is 14.5. The number of benzene rings is 1. The summed E-state index contributed by atoms with van der Waals surface area (Å²) >= 11 is 0. The van der Waals surface area contributed by atoms with Gasteiger partial charge in [-0.25, -0.2) is 4.79 Å². The lowest BCUT2D eigenvalue weighted by molar-refractivity contribution is -0.384. The highest BCUT2D eigenvalue weighted by atomic mass is 16.6. The molecule has 0 fully saturated rings. The lowest BCUT2D eigenvalue weighted by Gasteiger charge is -2.08. The third-order valence-electron chi connectivity index (χ3n) is 3.04. The van der Waals surface area contributed by atoms with Gasteiger partial charge in [-0.15, -0.1) is 0 Å². The molecule has 0 bridgehead atoms. The van der Waals surface area contributed by atoms with Gasteiger partial charge in [-0.3, -0.25) is 14.9 Å². The summed E-state index contributed by atoms with van der Waals surface area (Å²) in [7, 11) is 1.34. The van der Waals surface area contributed by atoms with Crippen LogP contribution in [0.1, 0.15) is 12.8 Å². The lowest BCUT2D eigenvalue weighted by atomic mass is 10.3. The maximum Gasteiger partial charge on any atom is 0.412 e. The van der Waals surface area contributed by atoms with Crippen molar-refractivity contribution in [3.05, 3.63) is 34.4 Å². The van der Waals surface area contributed by atoms with Crippen molar-refractivity contribution in [1.29, 1.82) is 0 Å². The standard InChI is InChI=1S/C16H22N2O8/c1-23-15(19)3-2-9-24-11-12-25-10-8-17-16(20)26-14-6-4-13(5-7-14)18(21)22/h4-7H,2-3,8-12H2,1H3,(H,17,20). The van der Waals surface area contributed by atoms with Crippen molar-refractivity contribution in [2.45, 2.75) is 12.8 Å². The van der Waals surface area contributed by atoms with E-state index in [-0.39, 0.29) is 30.6 Å². The average molecular weight is 370 g/mol. The number of hydrogen-bond acceptors (Lipinski definition) is 8. The second-order valence-corrected chi connectivity index (χ2v) is 4.97. The molecular weight excluding hydrogens is 348 g/mol. The zero-order chi connectivity index (χ0) is 19.2. The maximum absolute atomic E-state index is 11.5. The Hall–Kier alpha value is -2.72. The zero-order valence-electron chi connectivity index (χ0n) is 14.5. The van der Waals surface area contributed by atoms with Crippen LogP contribution in [-0.2, 0) is 19.0 Å². The van der Waals surface area contributed by atoms with Gasteiger partial charge in [0, 0.05) is 31.7 Å². The first-order valence-corrected chi connectivity index (χ1v) is 7.95. The van der Waals surface area contributed by atoms with Crippen molar-refractivity contribution in [3.8, 4) is 5.75 Å². The van der Waals surface area contributed by atoms with Crippen LogP contribution >= 0.6 is 0 Å². The van der Waals surface area contributed by atoms with Crippen LogP contribution in [0.2, 0.25) is 0 Å². The third-order valence-corrected chi connectivity index (χ3v) is 3.04. The Morgan fingerprint density at radius 1 is 1.08 bits per heavy atom. The van der Waals surface area contributed by atoms with Crippen LogP contribution in [0, 0.1) is 10.1 Å². The molecule has 1 aromatic rings. The number of carbonyl (C=O) groups is 2. The molecule has 0 aliphatic rings. The largest absolute Gasteiger partial charge is 0.469 e. The van der Waals surface area contributed by atoms with Gasteiger partial charge in [-0.2, -0.15) is 0 Å². The van der Waals surface area contributed by atoms with Crippen molar-refractivity contribution in [1.82, 2.24) is 5.32 Å². The first-order chi connectivity index (χ1) is 12.5. The number of carbonyl (C=O) groups excluding carboxylic acids is 2. The Morgan fingerprint density at radius 3 is 2.35 bits per heavy atom. The van der Waals surface area contributed by atoms with Crippen molar-refractivity contribution in [2.24, 2.45) is 0 Å². The summed E-state index contributed by atoms with van der Waals surface area (Å²) in [6.45, 7) is 1.71. The molecule has 10 nitrogen and oxygen atoms in total. The summed E-state index contributed by atoms with van der Waals surface area (Å²) in [6.07, 6.45) is 0.224. The van der Waals surface area contributed by atoms with E-state index in [0.29, 0.717) is 32.7 Å². The van der Waals surface area contributed by atoms with E-state index in [1.54, 1.807) is 0 Å². The van der Waals surface area contributed by atoms with Crippen molar-refractivity contribution in [2.75, 3.05) is 40.1 Å². The van der Waals surface area contributed by atoms with E-state index in [1.807, 2.05) is 0 Å². The number of esters is 1. The van der Waals surface area contributed by atoms with Crippen LogP contribution in [0.25, 0.3) is 0 Å². The molecule has 1 aromatic carbocycles. The Balaban J connectivity index is 1.99. The highest BCUT2D eigenvalue weighted by molar-refractivity contribution is 5.70. The van der Waals surface area contributed by atoms with Gasteiger partial charge in [0.05, 0.1) is 31.9 Å². The molecule has 1 amide bonds. The van der Waals surface area contributed by atoms with Crippen molar-refractivity contribution in [3.63, 3.8) is 0 Å². The van der Waals surface area contributed by atoms with Crippen molar-refractivity contribution < 1.29 is 33.5 Å². The van der Waals surface area contributed by atoms with Gasteiger partial charge in [0.15, 0.2) is 0 Å². The van der Waals surface area contributed by atoms with E-state index >= 15 is 0 Å². The van der Waals surface area contributed by atoms with E-state index in [9.17, 15) is 19.7 Å². The molecule has 26 heavy (non-hydrogen) atoms. The summed E-state index contributed by atoms with van der Waals surface area (Å²) in [6, 6.07) is 5.17. The molecule has 0 spiro atoms. The predicted octanol–water partition coefficient (Wildman–Crippen LogP) is 1.67. The number of methoxy groups -OCH3 is 1. The van der Waals surface area contributed by atoms with E-state index in [2.05, 4.69) is 10.1 Å². The highest BCUT2D eigenvalue weighted by Crippen LogP contribution is 2.17. The van der Waals surface area contributed by atoms with Gasteiger partial charge in [0.25, 0.3) is 5.69 Å². The van der Waals surface area contributed by atoms with Crippen LogP contribution < -0.4 is 10.1 Å². The first-order valence-electron chi connectivity index (χ1n) is 7.95. The Labute approximate surface area is 150 Å². The minimum Gasteiger partial charge on any atom is -0.469 e. The number of nitro groups is 1. The lowest BCUT2D eigenvalue weighted by Crippen LogP contribution is -2.30. The number of nitrogens with zero attached hydrogens (tertiary/aromatic N) is 1. The van der Waals surface area contributed by atoms with E-state index < -0.39 is 11.0 Å². The van der Waals surface area contributed by atoms with Crippen LogP contribution in [0.3, 0.4) is 0 Å². The molecule has 1 rings (SSSR count).